The van der Waals surface area contributed by atoms with Crippen LogP contribution in [0.3, 0.4) is 0 Å². The fourth-order valence-electron chi connectivity index (χ4n) is 3.87. The van der Waals surface area contributed by atoms with Crippen LogP contribution in [0.4, 0.5) is 17.2 Å². The molecule has 0 aliphatic heterocycles. The Morgan fingerprint density at radius 1 is 0.972 bits per heavy atom. The largest absolute Gasteiger partial charge is 0.457 e. The minimum absolute atomic E-state index is 0.225. The molecule has 0 aliphatic rings. The SMILES string of the molecule is COC(C)C(=O)Nc1ccc2ncnc(Nc3ccc(Oc4ccc5c(c4)ncn5C)c(C)c3)c2c1. The maximum Gasteiger partial charge on any atom is 0.253 e. The van der Waals surface area contributed by atoms with Gasteiger partial charge in [0.25, 0.3) is 5.91 Å². The molecule has 5 aromatic rings. The zero-order valence-electron chi connectivity index (χ0n) is 20.4. The average molecular weight is 483 g/mol. The van der Waals surface area contributed by atoms with Gasteiger partial charge in [0.1, 0.15) is 29.7 Å². The molecule has 0 spiro atoms. The first-order chi connectivity index (χ1) is 17.4. The van der Waals surface area contributed by atoms with Crippen LogP contribution in [0.25, 0.3) is 21.9 Å². The van der Waals surface area contributed by atoms with Gasteiger partial charge in [0, 0.05) is 37.0 Å². The summed E-state index contributed by atoms with van der Waals surface area (Å²) in [6, 6.07) is 17.2. The smallest absolute Gasteiger partial charge is 0.253 e. The van der Waals surface area contributed by atoms with Gasteiger partial charge in [0.2, 0.25) is 0 Å². The third kappa shape index (κ3) is 4.69. The number of aromatic nitrogens is 4. The van der Waals surface area contributed by atoms with E-state index in [0.29, 0.717) is 11.5 Å². The highest BCUT2D eigenvalue weighted by Gasteiger charge is 2.13. The van der Waals surface area contributed by atoms with E-state index < -0.39 is 6.10 Å². The normalized spacial score (nSPS) is 12.0. The molecule has 2 aromatic heterocycles. The summed E-state index contributed by atoms with van der Waals surface area (Å²) in [4.78, 5) is 25.4. The molecule has 0 radical (unpaired) electrons. The van der Waals surface area contributed by atoms with Crippen LogP contribution in [-0.4, -0.2) is 38.6 Å². The van der Waals surface area contributed by atoms with E-state index in [1.165, 1.54) is 13.4 Å². The summed E-state index contributed by atoms with van der Waals surface area (Å²) >= 11 is 0. The lowest BCUT2D eigenvalue weighted by molar-refractivity contribution is -0.124. The highest BCUT2D eigenvalue weighted by atomic mass is 16.5. The lowest BCUT2D eigenvalue weighted by atomic mass is 10.1. The number of benzene rings is 3. The lowest BCUT2D eigenvalue weighted by Crippen LogP contribution is -2.26. The molecule has 182 valence electrons. The molecule has 0 saturated heterocycles. The van der Waals surface area contributed by atoms with Crippen molar-refractivity contribution in [3.8, 4) is 11.5 Å². The van der Waals surface area contributed by atoms with Crippen molar-refractivity contribution in [3.05, 3.63) is 72.8 Å². The number of anilines is 3. The van der Waals surface area contributed by atoms with Crippen LogP contribution >= 0.6 is 0 Å². The lowest BCUT2D eigenvalue weighted by Gasteiger charge is -2.14. The number of fused-ring (bicyclic) bond motifs is 2. The first-order valence-electron chi connectivity index (χ1n) is 11.5. The molecule has 0 aliphatic carbocycles. The van der Waals surface area contributed by atoms with Crippen LogP contribution in [0.5, 0.6) is 11.5 Å². The quantitative estimate of drug-likeness (QED) is 0.323. The van der Waals surface area contributed by atoms with Crippen molar-refractivity contribution in [1.29, 1.82) is 0 Å². The van der Waals surface area contributed by atoms with Crippen molar-refractivity contribution in [2.45, 2.75) is 20.0 Å². The fraction of sp³-hybridized carbons (Fsp3) is 0.185. The number of amides is 1. The molecule has 2 N–H and O–H groups in total. The number of ether oxygens (including phenoxy) is 2. The molecule has 3 aromatic carbocycles. The zero-order chi connectivity index (χ0) is 25.2. The summed E-state index contributed by atoms with van der Waals surface area (Å²) in [7, 11) is 3.46. The van der Waals surface area contributed by atoms with E-state index in [2.05, 4.69) is 25.6 Å². The molecule has 9 nitrogen and oxygen atoms in total. The van der Waals surface area contributed by atoms with E-state index >= 15 is 0 Å². The number of imidazole rings is 1. The van der Waals surface area contributed by atoms with E-state index in [1.54, 1.807) is 19.3 Å². The Bertz CT molecular complexity index is 1580. The number of hydrogen-bond donors (Lipinski definition) is 2. The van der Waals surface area contributed by atoms with Crippen LogP contribution in [-0.2, 0) is 16.6 Å². The molecule has 36 heavy (non-hydrogen) atoms. The van der Waals surface area contributed by atoms with E-state index in [-0.39, 0.29) is 5.91 Å². The zero-order valence-corrected chi connectivity index (χ0v) is 20.4. The maximum atomic E-state index is 12.2. The van der Waals surface area contributed by atoms with E-state index in [0.717, 1.165) is 44.7 Å². The number of hydrogen-bond acceptors (Lipinski definition) is 7. The first kappa shape index (κ1) is 23.3. The van der Waals surface area contributed by atoms with Crippen molar-refractivity contribution in [3.63, 3.8) is 0 Å². The minimum Gasteiger partial charge on any atom is -0.457 e. The monoisotopic (exact) mass is 482 g/mol. The topological polar surface area (TPSA) is 103 Å². The number of carbonyl (C=O) groups is 1. The van der Waals surface area contributed by atoms with Gasteiger partial charge < -0.3 is 24.7 Å². The number of rotatable bonds is 7. The van der Waals surface area contributed by atoms with E-state index in [4.69, 9.17) is 9.47 Å². The van der Waals surface area contributed by atoms with Crippen molar-refractivity contribution in [2.75, 3.05) is 17.7 Å². The molecule has 1 amide bonds. The molecular formula is C27H26N6O3. The Kier molecular flexibility index (Phi) is 6.22. The molecule has 9 heteroatoms. The van der Waals surface area contributed by atoms with Crippen LogP contribution in [0.2, 0.25) is 0 Å². The Morgan fingerprint density at radius 2 is 1.81 bits per heavy atom. The Morgan fingerprint density at radius 3 is 2.61 bits per heavy atom. The third-order valence-corrected chi connectivity index (χ3v) is 5.99. The van der Waals surface area contributed by atoms with Gasteiger partial charge in [-0.3, -0.25) is 4.79 Å². The van der Waals surface area contributed by atoms with Crippen molar-refractivity contribution in [1.82, 2.24) is 19.5 Å². The fourth-order valence-corrected chi connectivity index (χ4v) is 3.87. The summed E-state index contributed by atoms with van der Waals surface area (Å²) in [5, 5.41) is 7.00. The van der Waals surface area contributed by atoms with Gasteiger partial charge in [-0.05, 0) is 67.9 Å². The number of methoxy groups -OCH3 is 1. The first-order valence-corrected chi connectivity index (χ1v) is 11.5. The Hall–Kier alpha value is -4.50. The van der Waals surface area contributed by atoms with E-state index in [9.17, 15) is 4.79 Å². The van der Waals surface area contributed by atoms with E-state index in [1.807, 2.05) is 67.1 Å². The van der Waals surface area contributed by atoms with Gasteiger partial charge in [0.15, 0.2) is 0 Å². The summed E-state index contributed by atoms with van der Waals surface area (Å²) < 4.78 is 13.2. The number of nitrogens with one attached hydrogen (secondary N) is 2. The van der Waals surface area contributed by atoms with Gasteiger partial charge >= 0.3 is 0 Å². The molecule has 0 fully saturated rings. The molecule has 2 heterocycles. The summed E-state index contributed by atoms with van der Waals surface area (Å²) in [5.41, 5.74) is 5.13. The van der Waals surface area contributed by atoms with Gasteiger partial charge in [0.05, 0.1) is 22.9 Å². The van der Waals surface area contributed by atoms with Gasteiger partial charge in [-0.25, -0.2) is 15.0 Å². The summed E-state index contributed by atoms with van der Waals surface area (Å²) in [5.74, 6) is 1.88. The molecular weight excluding hydrogens is 456 g/mol. The highest BCUT2D eigenvalue weighted by molar-refractivity contribution is 5.98. The second-order valence-electron chi connectivity index (χ2n) is 8.53. The van der Waals surface area contributed by atoms with Gasteiger partial charge in [-0.15, -0.1) is 0 Å². The predicted octanol–water partition coefficient (Wildman–Crippen LogP) is 5.33. The van der Waals surface area contributed by atoms with Crippen molar-refractivity contribution < 1.29 is 14.3 Å². The highest BCUT2D eigenvalue weighted by Crippen LogP contribution is 2.31. The van der Waals surface area contributed by atoms with Crippen LogP contribution in [0, 0.1) is 6.92 Å². The molecule has 5 rings (SSSR count). The summed E-state index contributed by atoms with van der Waals surface area (Å²) in [6.07, 6.45) is 2.74. The van der Waals surface area contributed by atoms with Gasteiger partial charge in [-0.1, -0.05) is 0 Å². The number of nitrogens with zero attached hydrogens (tertiary/aromatic N) is 4. The van der Waals surface area contributed by atoms with Crippen LogP contribution < -0.4 is 15.4 Å². The van der Waals surface area contributed by atoms with Crippen molar-refractivity contribution in [2.24, 2.45) is 7.05 Å². The van der Waals surface area contributed by atoms with Crippen LogP contribution in [0.15, 0.2) is 67.3 Å². The summed E-state index contributed by atoms with van der Waals surface area (Å²) in [6.45, 7) is 3.68. The molecule has 1 unspecified atom stereocenters. The van der Waals surface area contributed by atoms with Crippen molar-refractivity contribution >= 4 is 45.0 Å². The Labute approximate surface area is 208 Å². The molecule has 1 atom stereocenters. The second kappa shape index (κ2) is 9.63. The molecule has 0 saturated carbocycles. The number of carbonyl (C=O) groups excluding carboxylic acids is 1. The third-order valence-electron chi connectivity index (χ3n) is 5.99. The average Bonchev–Trinajstić information content (AvgIpc) is 3.25. The van der Waals surface area contributed by atoms with Gasteiger partial charge in [-0.2, -0.15) is 0 Å². The van der Waals surface area contributed by atoms with Crippen LogP contribution in [0.1, 0.15) is 12.5 Å². The second-order valence-corrected chi connectivity index (χ2v) is 8.53. The predicted molar refractivity (Wildman–Crippen MR) is 140 cm³/mol. The maximum absolute atomic E-state index is 12.2. The number of aryl methyl sites for hydroxylation is 2. The Balaban J connectivity index is 1.37. The minimum atomic E-state index is -0.556. The molecule has 0 bridgehead atoms. The standard InChI is InChI=1S/C27H26N6O3/c1-16-11-18(6-10-25(16)36-20-7-9-24-23(13-20)30-15-33(24)3)31-26-21-12-19(32-27(34)17(2)35-4)5-8-22(21)28-14-29-26/h5-15,17H,1-4H3,(H,32,34)(H,28,29,31).